The smallest absolute Gasteiger partial charge is 0.244 e. The molecule has 0 saturated carbocycles. The molecule has 2 aromatic rings. The number of hydrogen-bond donors (Lipinski definition) is 1. The zero-order valence-electron chi connectivity index (χ0n) is 13.9. The Balaban J connectivity index is 1.44. The minimum absolute atomic E-state index is 0.133. The van der Waals surface area contributed by atoms with E-state index in [0.717, 1.165) is 43.9 Å². The summed E-state index contributed by atoms with van der Waals surface area (Å²) in [6, 6.07) is 7.53. The van der Waals surface area contributed by atoms with Crippen molar-refractivity contribution in [2.75, 3.05) is 39.4 Å². The van der Waals surface area contributed by atoms with Gasteiger partial charge in [-0.05, 0) is 18.1 Å². The fourth-order valence-electron chi connectivity index (χ4n) is 2.73. The Labute approximate surface area is 141 Å². The standard InChI is InChI=1S/C18H23N3O3/c1-14(13-21-8-10-23-11-9-21)12-19-17(22)6-7-18-20-15-4-2-3-5-16(15)24-18/h2-7,14H,8-13H2,1H3,(H,19,22)/b7-6+. The lowest BCUT2D eigenvalue weighted by Crippen LogP contribution is -2.41. The van der Waals surface area contributed by atoms with Crippen molar-refractivity contribution in [3.8, 4) is 0 Å². The van der Waals surface area contributed by atoms with E-state index in [4.69, 9.17) is 9.15 Å². The number of oxazole rings is 1. The third kappa shape index (κ3) is 4.66. The number of hydrogen-bond acceptors (Lipinski definition) is 5. The predicted molar refractivity (Wildman–Crippen MR) is 92.5 cm³/mol. The lowest BCUT2D eigenvalue weighted by atomic mass is 10.1. The second-order valence-electron chi connectivity index (χ2n) is 6.12. The molecule has 3 rings (SSSR count). The first-order valence-electron chi connectivity index (χ1n) is 8.32. The molecule has 1 aliphatic rings. The van der Waals surface area contributed by atoms with Crippen LogP contribution in [0.25, 0.3) is 17.2 Å². The molecule has 1 unspecified atom stereocenters. The van der Waals surface area contributed by atoms with E-state index in [1.165, 1.54) is 6.08 Å². The number of aromatic nitrogens is 1. The Morgan fingerprint density at radius 1 is 1.38 bits per heavy atom. The van der Waals surface area contributed by atoms with Gasteiger partial charge in [0.25, 0.3) is 0 Å². The van der Waals surface area contributed by atoms with Gasteiger partial charge in [-0.2, -0.15) is 0 Å². The van der Waals surface area contributed by atoms with Crippen molar-refractivity contribution < 1.29 is 13.9 Å². The number of rotatable bonds is 6. The van der Waals surface area contributed by atoms with Gasteiger partial charge in [0.2, 0.25) is 11.8 Å². The largest absolute Gasteiger partial charge is 0.437 e. The molecule has 1 saturated heterocycles. The average molecular weight is 329 g/mol. The number of para-hydroxylation sites is 2. The molecule has 24 heavy (non-hydrogen) atoms. The normalized spacial score (nSPS) is 17.4. The lowest BCUT2D eigenvalue weighted by molar-refractivity contribution is -0.116. The topological polar surface area (TPSA) is 67.6 Å². The molecule has 1 N–H and O–H groups in total. The summed E-state index contributed by atoms with van der Waals surface area (Å²) in [6.45, 7) is 7.29. The van der Waals surface area contributed by atoms with Crippen LogP contribution in [0.1, 0.15) is 12.8 Å². The third-order valence-electron chi connectivity index (χ3n) is 3.99. The molecule has 0 radical (unpaired) electrons. The fraction of sp³-hybridized carbons (Fsp3) is 0.444. The Morgan fingerprint density at radius 2 is 2.17 bits per heavy atom. The van der Waals surface area contributed by atoms with Gasteiger partial charge in [-0.15, -0.1) is 0 Å². The van der Waals surface area contributed by atoms with E-state index in [2.05, 4.69) is 22.1 Å². The van der Waals surface area contributed by atoms with Gasteiger partial charge in [-0.3, -0.25) is 9.69 Å². The molecule has 6 heteroatoms. The molecule has 1 aromatic heterocycles. The van der Waals surface area contributed by atoms with Crippen LogP contribution in [0.5, 0.6) is 0 Å². The zero-order chi connectivity index (χ0) is 16.8. The van der Waals surface area contributed by atoms with Crippen molar-refractivity contribution in [1.29, 1.82) is 0 Å². The summed E-state index contributed by atoms with van der Waals surface area (Å²) < 4.78 is 10.9. The highest BCUT2D eigenvalue weighted by Crippen LogP contribution is 2.15. The van der Waals surface area contributed by atoms with Crippen LogP contribution in [-0.4, -0.2) is 55.2 Å². The monoisotopic (exact) mass is 329 g/mol. The van der Waals surface area contributed by atoms with Crippen molar-refractivity contribution in [3.05, 3.63) is 36.2 Å². The number of nitrogens with one attached hydrogen (secondary N) is 1. The molecule has 1 aliphatic heterocycles. The highest BCUT2D eigenvalue weighted by molar-refractivity contribution is 5.91. The summed E-state index contributed by atoms with van der Waals surface area (Å²) in [5.41, 5.74) is 1.51. The summed E-state index contributed by atoms with van der Waals surface area (Å²) in [5.74, 6) is 0.698. The van der Waals surface area contributed by atoms with Crippen molar-refractivity contribution >= 4 is 23.1 Å². The summed E-state index contributed by atoms with van der Waals surface area (Å²) in [7, 11) is 0. The van der Waals surface area contributed by atoms with Gasteiger partial charge in [0.1, 0.15) is 5.52 Å². The van der Waals surface area contributed by atoms with E-state index in [9.17, 15) is 4.79 Å². The number of amides is 1. The molecule has 1 fully saturated rings. The number of morpholine rings is 1. The van der Waals surface area contributed by atoms with Crippen LogP contribution in [-0.2, 0) is 9.53 Å². The Bertz CT molecular complexity index is 671. The van der Waals surface area contributed by atoms with Crippen molar-refractivity contribution in [3.63, 3.8) is 0 Å². The van der Waals surface area contributed by atoms with Gasteiger partial charge < -0.3 is 14.5 Å². The fourth-order valence-corrected chi connectivity index (χ4v) is 2.73. The van der Waals surface area contributed by atoms with Gasteiger partial charge in [-0.25, -0.2) is 4.98 Å². The van der Waals surface area contributed by atoms with E-state index < -0.39 is 0 Å². The maximum atomic E-state index is 11.9. The Kier molecular flexibility index (Phi) is 5.61. The molecule has 1 amide bonds. The number of benzene rings is 1. The number of carbonyl (C=O) groups excluding carboxylic acids is 1. The van der Waals surface area contributed by atoms with Gasteiger partial charge in [-0.1, -0.05) is 19.1 Å². The molecular formula is C18H23N3O3. The highest BCUT2D eigenvalue weighted by atomic mass is 16.5. The molecule has 128 valence electrons. The van der Waals surface area contributed by atoms with Gasteiger partial charge in [0.05, 0.1) is 13.2 Å². The third-order valence-corrected chi connectivity index (χ3v) is 3.99. The minimum Gasteiger partial charge on any atom is -0.437 e. The summed E-state index contributed by atoms with van der Waals surface area (Å²) in [6.07, 6.45) is 3.06. The summed E-state index contributed by atoms with van der Waals surface area (Å²) in [5, 5.41) is 2.92. The van der Waals surface area contributed by atoms with Crippen molar-refractivity contribution in [1.82, 2.24) is 15.2 Å². The molecule has 2 heterocycles. The van der Waals surface area contributed by atoms with E-state index in [0.29, 0.717) is 18.4 Å². The van der Waals surface area contributed by atoms with E-state index >= 15 is 0 Å². The lowest BCUT2D eigenvalue weighted by Gasteiger charge is -2.29. The Hall–Kier alpha value is -2.18. The number of ether oxygens (including phenoxy) is 1. The highest BCUT2D eigenvalue weighted by Gasteiger charge is 2.13. The van der Waals surface area contributed by atoms with Crippen LogP contribution in [0.3, 0.4) is 0 Å². The van der Waals surface area contributed by atoms with Crippen LogP contribution in [0.2, 0.25) is 0 Å². The molecule has 0 bridgehead atoms. The number of fused-ring (bicyclic) bond motifs is 1. The van der Waals surface area contributed by atoms with Crippen LogP contribution in [0.4, 0.5) is 0 Å². The van der Waals surface area contributed by atoms with E-state index in [-0.39, 0.29) is 5.91 Å². The van der Waals surface area contributed by atoms with Crippen LogP contribution < -0.4 is 5.32 Å². The zero-order valence-corrected chi connectivity index (χ0v) is 13.9. The molecule has 1 aromatic carbocycles. The van der Waals surface area contributed by atoms with Crippen LogP contribution in [0.15, 0.2) is 34.8 Å². The van der Waals surface area contributed by atoms with Crippen molar-refractivity contribution in [2.45, 2.75) is 6.92 Å². The quantitative estimate of drug-likeness (QED) is 0.820. The van der Waals surface area contributed by atoms with Gasteiger partial charge >= 0.3 is 0 Å². The second kappa shape index (κ2) is 8.08. The first-order valence-corrected chi connectivity index (χ1v) is 8.32. The van der Waals surface area contributed by atoms with E-state index in [1.807, 2.05) is 24.3 Å². The minimum atomic E-state index is -0.133. The molecule has 1 atom stereocenters. The Morgan fingerprint density at radius 3 is 2.96 bits per heavy atom. The number of nitrogens with zero attached hydrogens (tertiary/aromatic N) is 2. The molecule has 0 spiro atoms. The van der Waals surface area contributed by atoms with Crippen LogP contribution in [0, 0.1) is 5.92 Å². The van der Waals surface area contributed by atoms with Crippen molar-refractivity contribution in [2.24, 2.45) is 5.92 Å². The second-order valence-corrected chi connectivity index (χ2v) is 6.12. The predicted octanol–water partition coefficient (Wildman–Crippen LogP) is 1.93. The molecular weight excluding hydrogens is 306 g/mol. The number of carbonyl (C=O) groups is 1. The van der Waals surface area contributed by atoms with Gasteiger partial charge in [0, 0.05) is 38.3 Å². The summed E-state index contributed by atoms with van der Waals surface area (Å²) >= 11 is 0. The first kappa shape index (κ1) is 16.7. The van der Waals surface area contributed by atoms with Crippen LogP contribution >= 0.6 is 0 Å². The molecule has 0 aliphatic carbocycles. The average Bonchev–Trinajstić information content (AvgIpc) is 3.02. The first-order chi connectivity index (χ1) is 11.7. The van der Waals surface area contributed by atoms with E-state index in [1.54, 1.807) is 6.08 Å². The maximum absolute atomic E-state index is 11.9. The SMILES string of the molecule is CC(CNC(=O)/C=C/c1nc2ccccc2o1)CN1CCOCC1. The van der Waals surface area contributed by atoms with Gasteiger partial charge in [0.15, 0.2) is 5.58 Å². The maximum Gasteiger partial charge on any atom is 0.244 e. The molecule has 6 nitrogen and oxygen atoms in total. The summed E-state index contributed by atoms with van der Waals surface area (Å²) in [4.78, 5) is 18.6.